The highest BCUT2D eigenvalue weighted by Crippen LogP contribution is 2.27. The minimum absolute atomic E-state index is 0.283. The molecular formula is C19H20FN3S. The van der Waals surface area contributed by atoms with Crippen LogP contribution in [0, 0.1) is 5.82 Å². The Morgan fingerprint density at radius 1 is 1.04 bits per heavy atom. The van der Waals surface area contributed by atoms with Gasteiger partial charge >= 0.3 is 0 Å². The normalized spacial score (nSPS) is 11.2. The largest absolute Gasteiger partial charge is 0.305 e. The Morgan fingerprint density at radius 3 is 2.42 bits per heavy atom. The molecule has 24 heavy (non-hydrogen) atoms. The van der Waals surface area contributed by atoms with Crippen molar-refractivity contribution >= 4 is 11.8 Å². The molecule has 124 valence electrons. The van der Waals surface area contributed by atoms with Gasteiger partial charge in [-0.05, 0) is 29.2 Å². The minimum atomic E-state index is -0.283. The first-order valence-corrected chi connectivity index (χ1v) is 8.90. The Hall–Kier alpha value is -2.14. The van der Waals surface area contributed by atoms with Gasteiger partial charge in [-0.25, -0.2) is 4.39 Å². The van der Waals surface area contributed by atoms with Crippen molar-refractivity contribution in [3.8, 4) is 11.4 Å². The van der Waals surface area contributed by atoms with Crippen LogP contribution in [0.3, 0.4) is 0 Å². The highest BCUT2D eigenvalue weighted by molar-refractivity contribution is 7.98. The summed E-state index contributed by atoms with van der Waals surface area (Å²) in [6.45, 7) is 4.38. The van der Waals surface area contributed by atoms with Crippen molar-refractivity contribution in [2.75, 3.05) is 0 Å². The highest BCUT2D eigenvalue weighted by Gasteiger charge is 2.14. The summed E-state index contributed by atoms with van der Waals surface area (Å²) in [4.78, 5) is 0. The smallest absolute Gasteiger partial charge is 0.191 e. The lowest BCUT2D eigenvalue weighted by atomic mass is 10.0. The van der Waals surface area contributed by atoms with E-state index in [1.807, 2.05) is 11.6 Å². The lowest BCUT2D eigenvalue weighted by molar-refractivity contribution is 0.628. The Balaban J connectivity index is 1.74. The molecular weight excluding hydrogens is 321 g/mol. The summed E-state index contributed by atoms with van der Waals surface area (Å²) in [5.41, 5.74) is 3.05. The molecule has 0 unspecified atom stereocenters. The highest BCUT2D eigenvalue weighted by atomic mass is 32.2. The molecule has 0 saturated heterocycles. The molecule has 0 saturated carbocycles. The van der Waals surface area contributed by atoms with Crippen LogP contribution in [0.5, 0.6) is 0 Å². The van der Waals surface area contributed by atoms with Crippen molar-refractivity contribution in [2.24, 2.45) is 7.05 Å². The van der Waals surface area contributed by atoms with Crippen LogP contribution in [0.2, 0.25) is 0 Å². The van der Waals surface area contributed by atoms with Crippen molar-refractivity contribution < 1.29 is 4.39 Å². The standard InChI is InChI=1S/C19H20FN3S/c1-13(2)15-10-8-14(9-11-15)12-24-19-22-21-18(23(19)3)16-6-4-5-7-17(16)20/h4-11,13H,12H2,1-3H3. The molecule has 0 aliphatic carbocycles. The Labute approximate surface area is 145 Å². The maximum absolute atomic E-state index is 13.9. The summed E-state index contributed by atoms with van der Waals surface area (Å²) in [5, 5.41) is 9.13. The second kappa shape index (κ2) is 7.18. The van der Waals surface area contributed by atoms with Crippen LogP contribution >= 0.6 is 11.8 Å². The van der Waals surface area contributed by atoms with Gasteiger partial charge in [0.25, 0.3) is 0 Å². The summed E-state index contributed by atoms with van der Waals surface area (Å²) in [7, 11) is 1.87. The number of rotatable bonds is 5. The van der Waals surface area contributed by atoms with Crippen LogP contribution in [0.25, 0.3) is 11.4 Å². The zero-order chi connectivity index (χ0) is 17.1. The van der Waals surface area contributed by atoms with E-state index in [1.165, 1.54) is 17.2 Å². The number of benzene rings is 2. The third kappa shape index (κ3) is 3.51. The third-order valence-corrected chi connectivity index (χ3v) is 5.06. The topological polar surface area (TPSA) is 30.7 Å². The second-order valence-electron chi connectivity index (χ2n) is 6.03. The molecule has 5 heteroatoms. The minimum Gasteiger partial charge on any atom is -0.305 e. The second-order valence-corrected chi connectivity index (χ2v) is 6.97. The predicted molar refractivity (Wildman–Crippen MR) is 96.5 cm³/mol. The van der Waals surface area contributed by atoms with Crippen LogP contribution in [-0.4, -0.2) is 14.8 Å². The fraction of sp³-hybridized carbons (Fsp3) is 0.263. The lowest BCUT2D eigenvalue weighted by Gasteiger charge is -2.07. The van der Waals surface area contributed by atoms with Crippen LogP contribution in [0.15, 0.2) is 53.7 Å². The van der Waals surface area contributed by atoms with Gasteiger partial charge < -0.3 is 4.57 Å². The van der Waals surface area contributed by atoms with E-state index in [9.17, 15) is 4.39 Å². The van der Waals surface area contributed by atoms with Gasteiger partial charge in [0.05, 0.1) is 5.56 Å². The van der Waals surface area contributed by atoms with Gasteiger partial charge in [0.15, 0.2) is 11.0 Å². The van der Waals surface area contributed by atoms with Crippen molar-refractivity contribution in [3.63, 3.8) is 0 Å². The summed E-state index contributed by atoms with van der Waals surface area (Å²) in [6, 6.07) is 15.3. The first-order chi connectivity index (χ1) is 11.6. The fourth-order valence-corrected chi connectivity index (χ4v) is 3.33. The van der Waals surface area contributed by atoms with E-state index in [2.05, 4.69) is 48.3 Å². The van der Waals surface area contributed by atoms with E-state index in [-0.39, 0.29) is 5.82 Å². The molecule has 3 rings (SSSR count). The summed E-state index contributed by atoms with van der Waals surface area (Å²) < 4.78 is 15.8. The van der Waals surface area contributed by atoms with Crippen molar-refractivity contribution in [2.45, 2.75) is 30.7 Å². The number of aromatic nitrogens is 3. The summed E-state index contributed by atoms with van der Waals surface area (Å²) in [5.74, 6) is 1.61. The SMILES string of the molecule is CC(C)c1ccc(CSc2nnc(-c3ccccc3F)n2C)cc1. The number of thioether (sulfide) groups is 1. The Bertz CT molecular complexity index is 825. The predicted octanol–water partition coefficient (Wildman–Crippen LogP) is 5.04. The van der Waals surface area contributed by atoms with Crippen LogP contribution in [-0.2, 0) is 12.8 Å². The number of halogens is 1. The Morgan fingerprint density at radius 2 is 1.75 bits per heavy atom. The monoisotopic (exact) mass is 341 g/mol. The lowest BCUT2D eigenvalue weighted by Crippen LogP contribution is -1.96. The van der Waals surface area contributed by atoms with Crippen molar-refractivity contribution in [3.05, 3.63) is 65.5 Å². The maximum Gasteiger partial charge on any atom is 0.191 e. The first kappa shape index (κ1) is 16.7. The van der Waals surface area contributed by atoms with Gasteiger partial charge in [-0.2, -0.15) is 0 Å². The van der Waals surface area contributed by atoms with Gasteiger partial charge in [-0.15, -0.1) is 10.2 Å². The van der Waals surface area contributed by atoms with Crippen LogP contribution < -0.4 is 0 Å². The molecule has 0 aliphatic rings. The van der Waals surface area contributed by atoms with Gasteiger partial charge in [0.1, 0.15) is 5.82 Å². The summed E-state index contributed by atoms with van der Waals surface area (Å²) >= 11 is 1.60. The molecule has 0 amide bonds. The quantitative estimate of drug-likeness (QED) is 0.609. The molecule has 0 aliphatic heterocycles. The molecule has 0 fully saturated rings. The van der Waals surface area contributed by atoms with Crippen LogP contribution in [0.1, 0.15) is 30.9 Å². The van der Waals surface area contributed by atoms with E-state index < -0.39 is 0 Å². The number of hydrogen-bond donors (Lipinski definition) is 0. The number of nitrogens with zero attached hydrogens (tertiary/aromatic N) is 3. The fourth-order valence-electron chi connectivity index (χ4n) is 2.46. The molecule has 1 heterocycles. The molecule has 0 N–H and O–H groups in total. The van der Waals surface area contributed by atoms with Crippen LogP contribution in [0.4, 0.5) is 4.39 Å². The first-order valence-electron chi connectivity index (χ1n) is 7.92. The molecule has 3 aromatic rings. The van der Waals surface area contributed by atoms with E-state index in [1.54, 1.807) is 30.0 Å². The molecule has 2 aromatic carbocycles. The van der Waals surface area contributed by atoms with E-state index in [4.69, 9.17) is 0 Å². The zero-order valence-corrected chi connectivity index (χ0v) is 14.8. The zero-order valence-electron chi connectivity index (χ0n) is 14.0. The molecule has 0 radical (unpaired) electrons. The van der Waals surface area contributed by atoms with Crippen molar-refractivity contribution in [1.29, 1.82) is 0 Å². The van der Waals surface area contributed by atoms with Gasteiger partial charge in [-0.1, -0.05) is 62.0 Å². The van der Waals surface area contributed by atoms with E-state index in [0.29, 0.717) is 17.3 Å². The average molecular weight is 341 g/mol. The summed E-state index contributed by atoms with van der Waals surface area (Å²) in [6.07, 6.45) is 0. The molecule has 0 spiro atoms. The molecule has 1 aromatic heterocycles. The van der Waals surface area contributed by atoms with E-state index in [0.717, 1.165) is 10.9 Å². The molecule has 0 bridgehead atoms. The Kier molecular flexibility index (Phi) is 5.00. The van der Waals surface area contributed by atoms with E-state index >= 15 is 0 Å². The van der Waals surface area contributed by atoms with Gasteiger partial charge in [-0.3, -0.25) is 0 Å². The maximum atomic E-state index is 13.9. The third-order valence-electron chi connectivity index (χ3n) is 3.96. The average Bonchev–Trinajstić information content (AvgIpc) is 2.94. The molecule has 0 atom stereocenters. The van der Waals surface area contributed by atoms with Gasteiger partial charge in [0, 0.05) is 12.8 Å². The van der Waals surface area contributed by atoms with Gasteiger partial charge in [0.2, 0.25) is 0 Å². The molecule has 3 nitrogen and oxygen atoms in total. The van der Waals surface area contributed by atoms with Crippen molar-refractivity contribution in [1.82, 2.24) is 14.8 Å². The number of hydrogen-bond acceptors (Lipinski definition) is 3.